The fourth-order valence-corrected chi connectivity index (χ4v) is 1.94. The van der Waals surface area contributed by atoms with Crippen LogP contribution in [-0.4, -0.2) is 32.9 Å². The lowest BCUT2D eigenvalue weighted by Gasteiger charge is -2.16. The fraction of sp³-hybridized carbons (Fsp3) is 0.417. The maximum atomic E-state index is 12.1. The normalized spacial score (nSPS) is 12.0. The minimum atomic E-state index is -1.21. The number of nitrogens with one attached hydrogen (secondary N) is 1. The number of rotatable bonds is 6. The molecule has 0 bridgehead atoms. The second-order valence-electron chi connectivity index (χ2n) is 4.75. The molecule has 114 valence electrons. The number of aromatic nitrogens is 1. The summed E-state index contributed by atoms with van der Waals surface area (Å²) in [7, 11) is 0. The van der Waals surface area contributed by atoms with Crippen molar-refractivity contribution in [1.29, 1.82) is 0 Å². The minimum Gasteiger partial charge on any atom is -0.480 e. The van der Waals surface area contributed by atoms with Crippen molar-refractivity contribution in [2.24, 2.45) is 5.92 Å². The van der Waals surface area contributed by atoms with Crippen molar-refractivity contribution in [3.63, 3.8) is 0 Å². The quantitative estimate of drug-likeness (QED) is 0.469. The molecule has 1 aromatic rings. The van der Waals surface area contributed by atoms with Crippen molar-refractivity contribution in [3.05, 3.63) is 33.1 Å². The van der Waals surface area contributed by atoms with E-state index in [0.717, 1.165) is 12.3 Å². The summed E-state index contributed by atoms with van der Waals surface area (Å²) in [5.41, 5.74) is -0.972. The number of hydrogen-bond acceptors (Lipinski definition) is 5. The van der Waals surface area contributed by atoms with Gasteiger partial charge in [-0.2, -0.15) is 0 Å². The second-order valence-corrected chi connectivity index (χ2v) is 5.11. The van der Waals surface area contributed by atoms with Gasteiger partial charge in [-0.1, -0.05) is 25.4 Å². The SMILES string of the molecule is CC(C)CC(NC(=O)c1ccnc(Cl)c1[N+](=O)[O-])C(=O)O. The number of amides is 1. The van der Waals surface area contributed by atoms with Crippen molar-refractivity contribution in [2.45, 2.75) is 26.3 Å². The summed E-state index contributed by atoms with van der Waals surface area (Å²) >= 11 is 5.60. The highest BCUT2D eigenvalue weighted by Gasteiger charge is 2.28. The third-order valence-corrected chi connectivity index (χ3v) is 2.89. The van der Waals surface area contributed by atoms with Gasteiger partial charge in [-0.15, -0.1) is 0 Å². The van der Waals surface area contributed by atoms with E-state index in [2.05, 4.69) is 10.3 Å². The van der Waals surface area contributed by atoms with E-state index in [9.17, 15) is 19.7 Å². The summed E-state index contributed by atoms with van der Waals surface area (Å²) in [6.07, 6.45) is 1.34. The van der Waals surface area contributed by atoms with E-state index in [4.69, 9.17) is 16.7 Å². The highest BCUT2D eigenvalue weighted by molar-refractivity contribution is 6.32. The Bertz CT molecular complexity index is 576. The van der Waals surface area contributed by atoms with Crippen LogP contribution >= 0.6 is 11.6 Å². The van der Waals surface area contributed by atoms with Gasteiger partial charge < -0.3 is 10.4 Å². The Morgan fingerprint density at radius 2 is 2.14 bits per heavy atom. The van der Waals surface area contributed by atoms with Gasteiger partial charge in [0.15, 0.2) is 0 Å². The summed E-state index contributed by atoms with van der Waals surface area (Å²) in [5.74, 6) is -2.05. The first-order valence-electron chi connectivity index (χ1n) is 6.06. The van der Waals surface area contributed by atoms with Crippen LogP contribution in [0.1, 0.15) is 30.6 Å². The molecule has 0 fully saturated rings. The minimum absolute atomic E-state index is 0.0300. The molecule has 1 aromatic heterocycles. The van der Waals surface area contributed by atoms with E-state index in [1.165, 1.54) is 0 Å². The zero-order valence-electron chi connectivity index (χ0n) is 11.4. The average molecular weight is 316 g/mol. The summed E-state index contributed by atoms with van der Waals surface area (Å²) in [4.78, 5) is 36.8. The molecule has 1 amide bonds. The van der Waals surface area contributed by atoms with Gasteiger partial charge in [0.25, 0.3) is 5.91 Å². The van der Waals surface area contributed by atoms with E-state index in [0.29, 0.717) is 0 Å². The van der Waals surface area contributed by atoms with Crippen LogP contribution in [0.15, 0.2) is 12.3 Å². The van der Waals surface area contributed by atoms with Crippen molar-refractivity contribution in [2.75, 3.05) is 0 Å². The largest absolute Gasteiger partial charge is 0.480 e. The topological polar surface area (TPSA) is 122 Å². The van der Waals surface area contributed by atoms with Gasteiger partial charge in [0.2, 0.25) is 5.15 Å². The molecule has 9 heteroatoms. The lowest BCUT2D eigenvalue weighted by molar-refractivity contribution is -0.385. The zero-order chi connectivity index (χ0) is 16.2. The number of carbonyl (C=O) groups is 2. The van der Waals surface area contributed by atoms with Crippen LogP contribution in [0.4, 0.5) is 5.69 Å². The van der Waals surface area contributed by atoms with E-state index in [-0.39, 0.29) is 17.9 Å². The Labute approximate surface area is 125 Å². The zero-order valence-corrected chi connectivity index (χ0v) is 12.1. The number of nitro groups is 1. The average Bonchev–Trinajstić information content (AvgIpc) is 2.36. The molecule has 0 saturated heterocycles. The Kier molecular flexibility index (Phi) is 5.60. The number of nitrogens with zero attached hydrogens (tertiary/aromatic N) is 2. The standard InChI is InChI=1S/C12H14ClN3O5/c1-6(2)5-8(12(18)19)15-11(17)7-3-4-14-10(13)9(7)16(20)21/h3-4,6,8H,5H2,1-2H3,(H,15,17)(H,18,19). The third-order valence-electron chi connectivity index (χ3n) is 2.62. The predicted octanol–water partition coefficient (Wildman–Crippen LogP) is 1.87. The van der Waals surface area contributed by atoms with Gasteiger partial charge in [0.1, 0.15) is 11.6 Å². The van der Waals surface area contributed by atoms with Crippen LogP contribution in [0.25, 0.3) is 0 Å². The third kappa shape index (κ3) is 4.38. The van der Waals surface area contributed by atoms with Crippen LogP contribution in [0.5, 0.6) is 0 Å². The van der Waals surface area contributed by atoms with Crippen molar-refractivity contribution in [3.8, 4) is 0 Å². The molecular weight excluding hydrogens is 302 g/mol. The molecule has 0 aliphatic rings. The van der Waals surface area contributed by atoms with Crippen LogP contribution in [0, 0.1) is 16.0 Å². The van der Waals surface area contributed by atoms with Gasteiger partial charge in [-0.3, -0.25) is 14.9 Å². The number of pyridine rings is 1. The van der Waals surface area contributed by atoms with Crippen LogP contribution in [0.2, 0.25) is 5.15 Å². The number of carbonyl (C=O) groups excluding carboxylic acids is 1. The van der Waals surface area contributed by atoms with E-state index in [1.807, 2.05) is 0 Å². The van der Waals surface area contributed by atoms with Gasteiger partial charge in [-0.25, -0.2) is 9.78 Å². The second kappa shape index (κ2) is 6.98. The van der Waals surface area contributed by atoms with Gasteiger partial charge in [0.05, 0.1) is 4.92 Å². The molecule has 1 unspecified atom stereocenters. The number of halogens is 1. The molecule has 0 aliphatic heterocycles. The molecule has 0 saturated carbocycles. The van der Waals surface area contributed by atoms with Gasteiger partial charge in [0, 0.05) is 6.20 Å². The van der Waals surface area contributed by atoms with E-state index >= 15 is 0 Å². The highest BCUT2D eigenvalue weighted by atomic mass is 35.5. The molecule has 21 heavy (non-hydrogen) atoms. The molecule has 0 aromatic carbocycles. The molecule has 8 nitrogen and oxygen atoms in total. The molecule has 0 aliphatic carbocycles. The Hall–Kier alpha value is -2.22. The van der Waals surface area contributed by atoms with Crippen LogP contribution < -0.4 is 5.32 Å². The molecule has 2 N–H and O–H groups in total. The van der Waals surface area contributed by atoms with Gasteiger partial charge >= 0.3 is 11.7 Å². The molecule has 1 rings (SSSR count). The summed E-state index contributed by atoms with van der Waals surface area (Å²) in [5, 5.41) is 21.8. The van der Waals surface area contributed by atoms with Crippen LogP contribution in [-0.2, 0) is 4.79 Å². The number of carboxylic acids is 1. The Morgan fingerprint density at radius 3 is 2.62 bits per heavy atom. The highest BCUT2D eigenvalue weighted by Crippen LogP contribution is 2.26. The molecular formula is C12H14ClN3O5. The van der Waals surface area contributed by atoms with Crippen molar-refractivity contribution < 1.29 is 19.6 Å². The van der Waals surface area contributed by atoms with Crippen molar-refractivity contribution >= 4 is 29.2 Å². The molecule has 0 spiro atoms. The first-order chi connectivity index (χ1) is 9.73. The fourth-order valence-electron chi connectivity index (χ4n) is 1.71. The van der Waals surface area contributed by atoms with Crippen molar-refractivity contribution in [1.82, 2.24) is 10.3 Å². The predicted molar refractivity (Wildman–Crippen MR) is 74.2 cm³/mol. The Balaban J connectivity index is 3.06. The molecule has 1 atom stereocenters. The molecule has 0 radical (unpaired) electrons. The lowest BCUT2D eigenvalue weighted by atomic mass is 10.0. The summed E-state index contributed by atoms with van der Waals surface area (Å²) in [6.45, 7) is 3.60. The maximum Gasteiger partial charge on any atom is 0.326 e. The number of aliphatic carboxylic acids is 1. The lowest BCUT2D eigenvalue weighted by Crippen LogP contribution is -2.41. The van der Waals surface area contributed by atoms with E-state index in [1.54, 1.807) is 13.8 Å². The number of hydrogen-bond donors (Lipinski definition) is 2. The maximum absolute atomic E-state index is 12.1. The smallest absolute Gasteiger partial charge is 0.326 e. The van der Waals surface area contributed by atoms with E-state index < -0.39 is 33.7 Å². The summed E-state index contributed by atoms with van der Waals surface area (Å²) < 4.78 is 0. The van der Waals surface area contributed by atoms with Gasteiger partial charge in [-0.05, 0) is 18.4 Å². The number of carboxylic acid groups (broad SMARTS) is 1. The molecule has 1 heterocycles. The first-order valence-corrected chi connectivity index (χ1v) is 6.44. The Morgan fingerprint density at radius 1 is 1.52 bits per heavy atom. The monoisotopic (exact) mass is 315 g/mol. The summed E-state index contributed by atoms with van der Waals surface area (Å²) in [6, 6.07) is -0.0165. The van der Waals surface area contributed by atoms with Crippen LogP contribution in [0.3, 0.4) is 0 Å². The first kappa shape index (κ1) is 16.8.